The lowest BCUT2D eigenvalue weighted by molar-refractivity contribution is 0.414. The number of hydrogen-bond donors (Lipinski definition) is 0. The highest BCUT2D eigenvalue weighted by Gasteiger charge is 2.33. The summed E-state index contributed by atoms with van der Waals surface area (Å²) in [6, 6.07) is 12.6. The van der Waals surface area contributed by atoms with Gasteiger partial charge in [-0.1, -0.05) is 12.1 Å². The van der Waals surface area contributed by atoms with Crippen LogP contribution in [0, 0.1) is 0 Å². The average molecular weight is 401 g/mol. The van der Waals surface area contributed by atoms with Crippen molar-refractivity contribution in [3.05, 3.63) is 58.5 Å². The number of hydrogen-bond acceptors (Lipinski definition) is 4. The molecule has 0 radical (unpaired) electrons. The van der Waals surface area contributed by atoms with Gasteiger partial charge in [0.1, 0.15) is 5.75 Å². The van der Waals surface area contributed by atoms with Gasteiger partial charge in [0.25, 0.3) is 0 Å². The van der Waals surface area contributed by atoms with E-state index in [-0.39, 0.29) is 16.5 Å². The SMILES string of the molecule is COc1ccc(C2CCN(S(=O)(=O)c3ccc4c(c3)n(C)c(=O)n4C)C2)cc1. The molecule has 2 aromatic carbocycles. The lowest BCUT2D eigenvalue weighted by Gasteiger charge is -2.17. The molecule has 1 saturated heterocycles. The van der Waals surface area contributed by atoms with Crippen LogP contribution in [0.5, 0.6) is 5.75 Å². The van der Waals surface area contributed by atoms with Crippen molar-refractivity contribution in [2.24, 2.45) is 14.1 Å². The summed E-state index contributed by atoms with van der Waals surface area (Å²) in [6.07, 6.45) is 0.775. The van der Waals surface area contributed by atoms with E-state index in [1.807, 2.05) is 24.3 Å². The van der Waals surface area contributed by atoms with Crippen molar-refractivity contribution in [3.8, 4) is 5.75 Å². The third-order valence-electron chi connectivity index (χ3n) is 5.62. The van der Waals surface area contributed by atoms with Gasteiger partial charge in [-0.05, 0) is 48.2 Å². The minimum absolute atomic E-state index is 0.158. The van der Waals surface area contributed by atoms with Crippen molar-refractivity contribution in [1.82, 2.24) is 13.4 Å². The minimum Gasteiger partial charge on any atom is -0.497 e. The van der Waals surface area contributed by atoms with E-state index >= 15 is 0 Å². The predicted molar refractivity (Wildman–Crippen MR) is 107 cm³/mol. The molecule has 0 bridgehead atoms. The molecule has 1 aliphatic heterocycles. The highest BCUT2D eigenvalue weighted by Crippen LogP contribution is 2.32. The zero-order valence-corrected chi connectivity index (χ0v) is 16.9. The molecule has 148 valence electrons. The van der Waals surface area contributed by atoms with Gasteiger partial charge >= 0.3 is 5.69 Å². The highest BCUT2D eigenvalue weighted by molar-refractivity contribution is 7.89. The minimum atomic E-state index is -3.62. The lowest BCUT2D eigenvalue weighted by Crippen LogP contribution is -2.28. The maximum absolute atomic E-state index is 13.2. The molecule has 1 aliphatic rings. The number of rotatable bonds is 4. The van der Waals surface area contributed by atoms with Crippen molar-refractivity contribution in [2.75, 3.05) is 20.2 Å². The van der Waals surface area contributed by atoms with E-state index in [2.05, 4.69) is 0 Å². The van der Waals surface area contributed by atoms with Crippen molar-refractivity contribution in [2.45, 2.75) is 17.2 Å². The van der Waals surface area contributed by atoms with Crippen molar-refractivity contribution in [1.29, 1.82) is 0 Å². The van der Waals surface area contributed by atoms with Gasteiger partial charge in [0.05, 0.1) is 23.0 Å². The smallest absolute Gasteiger partial charge is 0.328 e. The molecule has 0 amide bonds. The third kappa shape index (κ3) is 2.93. The second kappa shape index (κ2) is 6.79. The summed E-state index contributed by atoms with van der Waals surface area (Å²) in [5, 5.41) is 0. The normalized spacial score (nSPS) is 18.0. The summed E-state index contributed by atoms with van der Waals surface area (Å²) in [6.45, 7) is 0.922. The van der Waals surface area contributed by atoms with E-state index in [0.717, 1.165) is 17.7 Å². The van der Waals surface area contributed by atoms with Gasteiger partial charge in [0.15, 0.2) is 0 Å². The number of sulfonamides is 1. The lowest BCUT2D eigenvalue weighted by atomic mass is 9.99. The van der Waals surface area contributed by atoms with Crippen LogP contribution in [-0.4, -0.2) is 42.1 Å². The van der Waals surface area contributed by atoms with Gasteiger partial charge in [0, 0.05) is 27.2 Å². The summed E-state index contributed by atoms with van der Waals surface area (Å²) in [7, 11) is 1.33. The van der Waals surface area contributed by atoms with Crippen molar-refractivity contribution >= 4 is 21.1 Å². The van der Waals surface area contributed by atoms with E-state index in [1.165, 1.54) is 13.4 Å². The molecule has 1 aromatic heterocycles. The molecule has 1 unspecified atom stereocenters. The third-order valence-corrected chi connectivity index (χ3v) is 7.48. The van der Waals surface area contributed by atoms with Gasteiger partial charge in [-0.15, -0.1) is 0 Å². The molecule has 4 rings (SSSR count). The Morgan fingerprint density at radius 2 is 1.68 bits per heavy atom. The number of imidazole rings is 1. The molecule has 0 spiro atoms. The molecule has 0 N–H and O–H groups in total. The van der Waals surface area contributed by atoms with Crippen molar-refractivity contribution < 1.29 is 13.2 Å². The molecule has 0 aliphatic carbocycles. The number of benzene rings is 2. The standard InChI is InChI=1S/C20H23N3O4S/c1-21-18-9-8-17(12-19(18)22(2)20(21)24)28(25,26)23-11-10-15(13-23)14-4-6-16(27-3)7-5-14/h4-9,12,15H,10-11,13H2,1-3H3. The van der Waals surface area contributed by atoms with Crippen LogP contribution < -0.4 is 10.4 Å². The van der Waals surface area contributed by atoms with Crippen LogP contribution in [0.25, 0.3) is 11.0 Å². The van der Waals surface area contributed by atoms with E-state index < -0.39 is 10.0 Å². The number of fused-ring (bicyclic) bond motifs is 1. The number of aryl methyl sites for hydroxylation is 2. The van der Waals surface area contributed by atoms with E-state index in [0.29, 0.717) is 24.1 Å². The first-order chi connectivity index (χ1) is 13.3. The average Bonchev–Trinajstić information content (AvgIpc) is 3.29. The Balaban J connectivity index is 1.62. The van der Waals surface area contributed by atoms with Crippen LogP contribution in [0.2, 0.25) is 0 Å². The van der Waals surface area contributed by atoms with Crippen LogP contribution >= 0.6 is 0 Å². The van der Waals surface area contributed by atoms with Gasteiger partial charge in [-0.2, -0.15) is 4.31 Å². The topological polar surface area (TPSA) is 73.5 Å². The fourth-order valence-electron chi connectivity index (χ4n) is 3.89. The number of nitrogens with zero attached hydrogens (tertiary/aromatic N) is 3. The molecule has 0 saturated carbocycles. The first kappa shape index (κ1) is 18.8. The molecule has 28 heavy (non-hydrogen) atoms. The van der Waals surface area contributed by atoms with Crippen LogP contribution in [0.3, 0.4) is 0 Å². The second-order valence-corrected chi connectivity index (χ2v) is 9.11. The molecule has 8 heteroatoms. The molecule has 3 aromatic rings. The maximum Gasteiger partial charge on any atom is 0.328 e. The predicted octanol–water partition coefficient (Wildman–Crippen LogP) is 2.06. The van der Waals surface area contributed by atoms with Crippen LogP contribution in [0.4, 0.5) is 0 Å². The van der Waals surface area contributed by atoms with Gasteiger partial charge in [0.2, 0.25) is 10.0 Å². The molecule has 1 atom stereocenters. The van der Waals surface area contributed by atoms with Crippen LogP contribution in [0.1, 0.15) is 17.9 Å². The number of methoxy groups -OCH3 is 1. The molecular weight excluding hydrogens is 378 g/mol. The summed E-state index contributed by atoms with van der Waals surface area (Å²) < 4.78 is 36.0. The molecule has 1 fully saturated rings. The Bertz CT molecular complexity index is 1190. The molecular formula is C20H23N3O4S. The Kier molecular flexibility index (Phi) is 4.55. The van der Waals surface area contributed by atoms with E-state index in [9.17, 15) is 13.2 Å². The Labute approximate surface area is 163 Å². The first-order valence-corrected chi connectivity index (χ1v) is 10.6. The second-order valence-electron chi connectivity index (χ2n) is 7.17. The Morgan fingerprint density at radius 3 is 2.36 bits per heavy atom. The quantitative estimate of drug-likeness (QED) is 0.671. The van der Waals surface area contributed by atoms with Gasteiger partial charge in [-0.25, -0.2) is 13.2 Å². The largest absolute Gasteiger partial charge is 0.497 e. The molecule has 2 heterocycles. The summed E-state index contributed by atoms with van der Waals surface area (Å²) >= 11 is 0. The summed E-state index contributed by atoms with van der Waals surface area (Å²) in [4.78, 5) is 12.3. The number of ether oxygens (including phenoxy) is 1. The summed E-state index contributed by atoms with van der Waals surface area (Å²) in [5.41, 5.74) is 2.26. The van der Waals surface area contributed by atoms with Crippen molar-refractivity contribution in [3.63, 3.8) is 0 Å². The van der Waals surface area contributed by atoms with Crippen LogP contribution in [-0.2, 0) is 24.1 Å². The van der Waals surface area contributed by atoms with Gasteiger partial charge < -0.3 is 4.74 Å². The highest BCUT2D eigenvalue weighted by atomic mass is 32.2. The van der Waals surface area contributed by atoms with Crippen LogP contribution in [0.15, 0.2) is 52.2 Å². The van der Waals surface area contributed by atoms with E-state index in [1.54, 1.807) is 39.4 Å². The fraction of sp³-hybridized carbons (Fsp3) is 0.350. The number of aromatic nitrogens is 2. The van der Waals surface area contributed by atoms with Gasteiger partial charge in [-0.3, -0.25) is 9.13 Å². The zero-order valence-electron chi connectivity index (χ0n) is 16.1. The Hall–Kier alpha value is -2.58. The Morgan fingerprint density at radius 1 is 1.00 bits per heavy atom. The summed E-state index contributed by atoms with van der Waals surface area (Å²) in [5.74, 6) is 0.943. The fourth-order valence-corrected chi connectivity index (χ4v) is 5.41. The van der Waals surface area contributed by atoms with E-state index in [4.69, 9.17) is 4.74 Å². The zero-order chi connectivity index (χ0) is 20.1. The first-order valence-electron chi connectivity index (χ1n) is 9.12. The monoisotopic (exact) mass is 401 g/mol. The maximum atomic E-state index is 13.2. The molecule has 7 nitrogen and oxygen atoms in total.